The molecule has 0 saturated carbocycles. The molecule has 1 aliphatic rings. The molecular formula is C24H22Cl2N6O3. The van der Waals surface area contributed by atoms with Crippen LogP contribution in [0.5, 0.6) is 11.5 Å². The summed E-state index contributed by atoms with van der Waals surface area (Å²) in [6, 6.07) is 6.89. The average molecular weight is 513 g/mol. The maximum atomic E-state index is 9.82. The summed E-state index contributed by atoms with van der Waals surface area (Å²) in [5.74, 6) is 1.19. The van der Waals surface area contributed by atoms with Crippen LogP contribution in [0.4, 0.5) is 11.5 Å². The summed E-state index contributed by atoms with van der Waals surface area (Å²) in [6.45, 7) is 1.07. The van der Waals surface area contributed by atoms with Gasteiger partial charge < -0.3 is 25.2 Å². The van der Waals surface area contributed by atoms with Crippen molar-refractivity contribution < 1.29 is 14.6 Å². The van der Waals surface area contributed by atoms with Crippen LogP contribution in [-0.2, 0) is 6.61 Å². The number of nitriles is 1. The van der Waals surface area contributed by atoms with Gasteiger partial charge >= 0.3 is 0 Å². The number of anilines is 2. The number of hydrogen-bond acceptors (Lipinski definition) is 9. The number of methoxy groups -OCH3 is 1. The third-order valence-corrected chi connectivity index (χ3v) is 6.32. The maximum Gasteiger partial charge on any atom is 0.162 e. The number of nitrogens with one attached hydrogen (secondary N) is 1. The van der Waals surface area contributed by atoms with Gasteiger partial charge in [-0.05, 0) is 18.6 Å². The first-order valence-corrected chi connectivity index (χ1v) is 11.4. The lowest BCUT2D eigenvalue weighted by molar-refractivity contribution is 0.198. The van der Waals surface area contributed by atoms with Crippen molar-refractivity contribution in [1.82, 2.24) is 9.97 Å². The molecule has 11 heteroatoms. The zero-order valence-corrected chi connectivity index (χ0v) is 20.3. The minimum absolute atomic E-state index is 0.0454. The van der Waals surface area contributed by atoms with E-state index in [1.807, 2.05) is 4.90 Å². The van der Waals surface area contributed by atoms with Crippen molar-refractivity contribution in [2.45, 2.75) is 19.1 Å². The lowest BCUT2D eigenvalue weighted by Gasteiger charge is -2.19. The molecule has 1 aromatic carbocycles. The predicted octanol–water partition coefficient (Wildman–Crippen LogP) is 3.81. The molecule has 3 heterocycles. The number of ether oxygens (including phenoxy) is 2. The van der Waals surface area contributed by atoms with E-state index in [-0.39, 0.29) is 12.3 Å². The SMILES string of the molecule is COc1cc(N)c(C(=N)c2cnc(N3CCC(O)C3)c(C#N)c2)cc1OCc1c(Cl)cncc1Cl. The van der Waals surface area contributed by atoms with Gasteiger partial charge in [0.25, 0.3) is 0 Å². The van der Waals surface area contributed by atoms with E-state index in [9.17, 15) is 10.4 Å². The lowest BCUT2D eigenvalue weighted by atomic mass is 10.00. The molecule has 3 aromatic rings. The number of hydrogen-bond donors (Lipinski definition) is 3. The highest BCUT2D eigenvalue weighted by atomic mass is 35.5. The van der Waals surface area contributed by atoms with E-state index in [0.717, 1.165) is 0 Å². The number of rotatable bonds is 7. The Balaban J connectivity index is 1.64. The largest absolute Gasteiger partial charge is 0.493 e. The van der Waals surface area contributed by atoms with Gasteiger partial charge in [0.15, 0.2) is 11.5 Å². The van der Waals surface area contributed by atoms with Gasteiger partial charge in [0, 0.05) is 60.1 Å². The van der Waals surface area contributed by atoms with Crippen molar-refractivity contribution >= 4 is 40.4 Å². The van der Waals surface area contributed by atoms with E-state index in [2.05, 4.69) is 16.0 Å². The molecule has 0 radical (unpaired) electrons. The molecule has 1 atom stereocenters. The van der Waals surface area contributed by atoms with Gasteiger partial charge in [-0.1, -0.05) is 23.2 Å². The molecule has 0 bridgehead atoms. The summed E-state index contributed by atoms with van der Waals surface area (Å²) in [4.78, 5) is 10.2. The van der Waals surface area contributed by atoms with Crippen molar-refractivity contribution in [1.29, 1.82) is 10.7 Å². The highest BCUT2D eigenvalue weighted by molar-refractivity contribution is 6.35. The van der Waals surface area contributed by atoms with Gasteiger partial charge in [0.2, 0.25) is 0 Å². The third-order valence-electron chi connectivity index (χ3n) is 5.67. The lowest BCUT2D eigenvalue weighted by Crippen LogP contribution is -2.23. The van der Waals surface area contributed by atoms with E-state index in [4.69, 9.17) is 43.8 Å². The third kappa shape index (κ3) is 5.10. The number of nitrogens with zero attached hydrogens (tertiary/aromatic N) is 4. The van der Waals surface area contributed by atoms with Gasteiger partial charge in [-0.3, -0.25) is 10.4 Å². The molecule has 1 aliphatic heterocycles. The second-order valence-corrected chi connectivity index (χ2v) is 8.75. The first-order chi connectivity index (χ1) is 16.8. The van der Waals surface area contributed by atoms with E-state index >= 15 is 0 Å². The molecule has 4 rings (SSSR count). The normalized spacial score (nSPS) is 15.1. The topological polar surface area (TPSA) is 141 Å². The Hall–Kier alpha value is -3.58. The van der Waals surface area contributed by atoms with Gasteiger partial charge in [0.1, 0.15) is 18.5 Å². The average Bonchev–Trinajstić information content (AvgIpc) is 3.29. The number of halogens is 2. The fourth-order valence-corrected chi connectivity index (χ4v) is 4.28. The van der Waals surface area contributed by atoms with Gasteiger partial charge in [-0.2, -0.15) is 5.26 Å². The van der Waals surface area contributed by atoms with Gasteiger partial charge in [-0.15, -0.1) is 0 Å². The number of benzene rings is 1. The summed E-state index contributed by atoms with van der Waals surface area (Å²) in [6.07, 6.45) is 4.63. The molecule has 9 nitrogen and oxygen atoms in total. The Morgan fingerprint density at radius 2 is 2.00 bits per heavy atom. The first-order valence-electron chi connectivity index (χ1n) is 10.6. The second-order valence-electron chi connectivity index (χ2n) is 7.93. The monoisotopic (exact) mass is 512 g/mol. The van der Waals surface area contributed by atoms with Crippen molar-refractivity contribution in [2.75, 3.05) is 30.8 Å². The van der Waals surface area contributed by atoms with Crippen LogP contribution in [0.25, 0.3) is 0 Å². The van der Waals surface area contributed by atoms with Gasteiger partial charge in [0.05, 0.1) is 34.5 Å². The fourth-order valence-electron chi connectivity index (χ4n) is 3.81. The smallest absolute Gasteiger partial charge is 0.162 e. The zero-order chi connectivity index (χ0) is 25.1. The standard InChI is InChI=1S/C24H22Cl2N6O3/c1-34-21-6-20(28)16(5-22(21)35-12-17-18(25)9-30-10-19(17)26)23(29)14-4-13(7-27)24(31-8-14)32-3-2-15(33)11-32/h4-6,8-10,15,29,33H,2-3,11-12,28H2,1H3. The number of aliphatic hydroxyl groups excluding tert-OH is 1. The number of β-amino-alcohol motifs (C(OH)–C–C–N with tert-alkyl or cyclic N) is 1. The highest BCUT2D eigenvalue weighted by Gasteiger charge is 2.24. The molecule has 180 valence electrons. The van der Waals surface area contributed by atoms with Crippen LogP contribution in [0.15, 0.2) is 36.8 Å². The quantitative estimate of drug-likeness (QED) is 0.320. The maximum absolute atomic E-state index is 9.82. The summed E-state index contributed by atoms with van der Waals surface area (Å²) in [5, 5.41) is 29.0. The van der Waals surface area contributed by atoms with Crippen molar-refractivity contribution in [3.05, 3.63) is 69.1 Å². The van der Waals surface area contributed by atoms with Crippen LogP contribution >= 0.6 is 23.2 Å². The molecule has 35 heavy (non-hydrogen) atoms. The highest BCUT2D eigenvalue weighted by Crippen LogP contribution is 2.35. The van der Waals surface area contributed by atoms with Crippen LogP contribution in [0.1, 0.15) is 28.7 Å². The van der Waals surface area contributed by atoms with Crippen LogP contribution < -0.4 is 20.1 Å². The Bertz CT molecular complexity index is 1310. The van der Waals surface area contributed by atoms with Crippen LogP contribution in [-0.4, -0.2) is 47.1 Å². The van der Waals surface area contributed by atoms with E-state index in [0.29, 0.717) is 74.8 Å². The summed E-state index contributed by atoms with van der Waals surface area (Å²) >= 11 is 12.4. The molecule has 4 N–H and O–H groups in total. The van der Waals surface area contributed by atoms with Crippen molar-refractivity contribution in [2.24, 2.45) is 0 Å². The molecule has 1 unspecified atom stereocenters. The molecular weight excluding hydrogens is 491 g/mol. The molecule has 1 saturated heterocycles. The van der Waals surface area contributed by atoms with Crippen LogP contribution in [0, 0.1) is 16.7 Å². The number of nitrogen functional groups attached to an aromatic ring is 1. The van der Waals surface area contributed by atoms with E-state index in [1.165, 1.54) is 25.7 Å². The Morgan fingerprint density at radius 3 is 2.63 bits per heavy atom. The summed E-state index contributed by atoms with van der Waals surface area (Å²) < 4.78 is 11.3. The Kier molecular flexibility index (Phi) is 7.26. The minimum Gasteiger partial charge on any atom is -0.493 e. The molecule has 0 amide bonds. The van der Waals surface area contributed by atoms with Crippen LogP contribution in [0.2, 0.25) is 10.0 Å². The number of pyridine rings is 2. The fraction of sp³-hybridized carbons (Fsp3) is 0.250. The minimum atomic E-state index is -0.448. The summed E-state index contributed by atoms with van der Waals surface area (Å²) in [5.41, 5.74) is 8.24. The van der Waals surface area contributed by atoms with E-state index < -0.39 is 6.10 Å². The molecule has 0 aliphatic carbocycles. The van der Waals surface area contributed by atoms with Crippen LogP contribution in [0.3, 0.4) is 0 Å². The Labute approximate surface area is 212 Å². The van der Waals surface area contributed by atoms with Crippen molar-refractivity contribution in [3.63, 3.8) is 0 Å². The van der Waals surface area contributed by atoms with Gasteiger partial charge in [-0.25, -0.2) is 4.98 Å². The number of aromatic nitrogens is 2. The predicted molar refractivity (Wildman–Crippen MR) is 134 cm³/mol. The first kappa shape index (κ1) is 24.5. The molecule has 2 aromatic heterocycles. The van der Waals surface area contributed by atoms with Crippen molar-refractivity contribution in [3.8, 4) is 17.6 Å². The Morgan fingerprint density at radius 1 is 1.26 bits per heavy atom. The summed E-state index contributed by atoms with van der Waals surface area (Å²) in [7, 11) is 1.48. The second kappa shape index (κ2) is 10.4. The molecule has 1 fully saturated rings. The van der Waals surface area contributed by atoms with E-state index in [1.54, 1.807) is 18.2 Å². The zero-order valence-electron chi connectivity index (χ0n) is 18.8. The number of nitrogens with two attached hydrogens (primary N) is 1. The molecule has 0 spiro atoms. The number of aliphatic hydroxyl groups is 1.